The molecule has 3 N–H and O–H groups in total. The number of ether oxygens (including phenoxy) is 1. The molecule has 0 bridgehead atoms. The Labute approximate surface area is 149 Å². The number of hydrogen-bond donors (Lipinski definition) is 3. The van der Waals surface area contributed by atoms with E-state index in [0.717, 1.165) is 57.8 Å². The minimum absolute atomic E-state index is 0. The summed E-state index contributed by atoms with van der Waals surface area (Å²) in [6.07, 6.45) is 2.10. The first kappa shape index (κ1) is 20.3. The van der Waals surface area contributed by atoms with Gasteiger partial charge in [-0.05, 0) is 36.5 Å². The molecular weight excluding hydrogens is 339 g/mol. The third-order valence-corrected chi connectivity index (χ3v) is 4.60. The number of rotatable bonds is 3. The second-order valence-electron chi connectivity index (χ2n) is 5.93. The van der Waals surface area contributed by atoms with E-state index in [2.05, 4.69) is 10.2 Å². The van der Waals surface area contributed by atoms with Gasteiger partial charge in [0.1, 0.15) is 0 Å². The summed E-state index contributed by atoms with van der Waals surface area (Å²) in [7, 11) is 0. The Hall–Kier alpha value is -0.720. The summed E-state index contributed by atoms with van der Waals surface area (Å²) in [5.41, 5.74) is 1.10. The van der Waals surface area contributed by atoms with Crippen LogP contribution < -0.4 is 5.32 Å². The van der Waals surface area contributed by atoms with Gasteiger partial charge in [-0.15, -0.1) is 24.8 Å². The van der Waals surface area contributed by atoms with Crippen LogP contribution in [0, 0.1) is 5.92 Å². The molecule has 7 heteroatoms. The summed E-state index contributed by atoms with van der Waals surface area (Å²) in [6, 6.07) is 5.55. The van der Waals surface area contributed by atoms with E-state index in [9.17, 15) is 10.2 Å². The Morgan fingerprint density at radius 2 is 1.70 bits per heavy atom. The monoisotopic (exact) mass is 364 g/mol. The molecule has 1 aromatic rings. The van der Waals surface area contributed by atoms with E-state index in [-0.39, 0.29) is 36.3 Å². The molecule has 2 fully saturated rings. The highest BCUT2D eigenvalue weighted by atomic mass is 35.5. The molecule has 2 aliphatic heterocycles. The average Bonchev–Trinajstić information content (AvgIpc) is 2.53. The predicted octanol–water partition coefficient (Wildman–Crippen LogP) is 2.31. The molecule has 2 heterocycles. The van der Waals surface area contributed by atoms with Crippen molar-refractivity contribution in [3.8, 4) is 11.5 Å². The lowest BCUT2D eigenvalue weighted by Crippen LogP contribution is -2.47. The number of hydrogen-bond acceptors (Lipinski definition) is 5. The van der Waals surface area contributed by atoms with Crippen LogP contribution in [0.5, 0.6) is 11.5 Å². The van der Waals surface area contributed by atoms with Crippen LogP contribution in [0.15, 0.2) is 18.2 Å². The number of nitrogens with zero attached hydrogens (tertiary/aromatic N) is 1. The molecule has 1 aromatic carbocycles. The van der Waals surface area contributed by atoms with Crippen LogP contribution >= 0.6 is 24.8 Å². The number of phenolic OH excluding ortho intramolecular Hbond substituents is 2. The molecule has 2 saturated heterocycles. The zero-order valence-electron chi connectivity index (χ0n) is 13.1. The van der Waals surface area contributed by atoms with Gasteiger partial charge in [0.25, 0.3) is 0 Å². The summed E-state index contributed by atoms with van der Waals surface area (Å²) >= 11 is 0. The van der Waals surface area contributed by atoms with Gasteiger partial charge >= 0.3 is 0 Å². The van der Waals surface area contributed by atoms with E-state index >= 15 is 0 Å². The van der Waals surface area contributed by atoms with Gasteiger partial charge in [0, 0.05) is 45.4 Å². The summed E-state index contributed by atoms with van der Waals surface area (Å²) in [5.74, 6) is 0.463. The maximum atomic E-state index is 9.84. The van der Waals surface area contributed by atoms with Crippen molar-refractivity contribution in [3.63, 3.8) is 0 Å². The van der Waals surface area contributed by atoms with Crippen molar-refractivity contribution in [1.29, 1.82) is 0 Å². The fraction of sp³-hybridized carbons (Fsp3) is 0.625. The Morgan fingerprint density at radius 1 is 1.04 bits per heavy atom. The van der Waals surface area contributed by atoms with Gasteiger partial charge in [-0.25, -0.2) is 0 Å². The molecule has 23 heavy (non-hydrogen) atoms. The highest BCUT2D eigenvalue weighted by Gasteiger charge is 2.31. The molecule has 0 saturated carbocycles. The molecule has 2 aliphatic rings. The molecule has 0 spiro atoms. The number of piperazine rings is 1. The Kier molecular flexibility index (Phi) is 8.44. The van der Waals surface area contributed by atoms with Crippen molar-refractivity contribution in [2.75, 3.05) is 39.4 Å². The lowest BCUT2D eigenvalue weighted by Gasteiger charge is -2.41. The second-order valence-corrected chi connectivity index (χ2v) is 5.93. The highest BCUT2D eigenvalue weighted by Crippen LogP contribution is 2.38. The molecule has 1 atom stereocenters. The fourth-order valence-corrected chi connectivity index (χ4v) is 3.50. The van der Waals surface area contributed by atoms with Crippen LogP contribution in [0.2, 0.25) is 0 Å². The fourth-order valence-electron chi connectivity index (χ4n) is 3.50. The van der Waals surface area contributed by atoms with Gasteiger partial charge < -0.3 is 20.3 Å². The maximum absolute atomic E-state index is 9.84. The van der Waals surface area contributed by atoms with Gasteiger partial charge in [-0.1, -0.05) is 6.07 Å². The summed E-state index contributed by atoms with van der Waals surface area (Å²) in [4.78, 5) is 2.50. The standard InChI is InChI=1S/C16H24N2O3.2ClH/c19-14-2-1-13(11-15(14)20)16(12-3-9-21-10-4-12)18-7-5-17-6-8-18;;/h1-2,11-12,16-17,19-20H,3-10H2;2*1H/t16-;;/m0../s1. The summed E-state index contributed by atoms with van der Waals surface area (Å²) in [5, 5.41) is 22.8. The molecular formula is C16H26Cl2N2O3. The van der Waals surface area contributed by atoms with Crippen LogP contribution in [-0.2, 0) is 4.74 Å². The number of halogens is 2. The van der Waals surface area contributed by atoms with Gasteiger partial charge in [0.15, 0.2) is 11.5 Å². The van der Waals surface area contributed by atoms with Crippen LogP contribution in [0.25, 0.3) is 0 Å². The average molecular weight is 365 g/mol. The number of benzene rings is 1. The highest BCUT2D eigenvalue weighted by molar-refractivity contribution is 5.85. The van der Waals surface area contributed by atoms with E-state index < -0.39 is 0 Å². The van der Waals surface area contributed by atoms with E-state index in [0.29, 0.717) is 12.0 Å². The summed E-state index contributed by atoms with van der Waals surface area (Å²) in [6.45, 7) is 5.68. The Morgan fingerprint density at radius 3 is 2.30 bits per heavy atom. The molecule has 0 aromatic heterocycles. The van der Waals surface area contributed by atoms with Crippen LogP contribution in [0.4, 0.5) is 0 Å². The van der Waals surface area contributed by atoms with Gasteiger partial charge in [0.2, 0.25) is 0 Å². The topological polar surface area (TPSA) is 65.0 Å². The van der Waals surface area contributed by atoms with E-state index in [1.807, 2.05) is 6.07 Å². The zero-order chi connectivity index (χ0) is 14.7. The first-order valence-electron chi connectivity index (χ1n) is 7.80. The first-order valence-corrected chi connectivity index (χ1v) is 7.80. The second kappa shape index (κ2) is 9.55. The van der Waals surface area contributed by atoms with Crippen LogP contribution in [-0.4, -0.2) is 54.5 Å². The summed E-state index contributed by atoms with van der Waals surface area (Å²) < 4.78 is 5.50. The van der Waals surface area contributed by atoms with Crippen molar-refractivity contribution in [2.24, 2.45) is 5.92 Å². The van der Waals surface area contributed by atoms with Crippen molar-refractivity contribution < 1.29 is 14.9 Å². The SMILES string of the molecule is Cl.Cl.Oc1ccc([C@H](C2CCOCC2)N2CCNCC2)cc1O. The molecule has 0 radical (unpaired) electrons. The predicted molar refractivity (Wildman–Crippen MR) is 95.0 cm³/mol. The molecule has 132 valence electrons. The quantitative estimate of drug-likeness (QED) is 0.718. The smallest absolute Gasteiger partial charge is 0.157 e. The Bertz CT molecular complexity index is 460. The molecule has 0 unspecified atom stereocenters. The van der Waals surface area contributed by atoms with Gasteiger partial charge in [-0.2, -0.15) is 0 Å². The van der Waals surface area contributed by atoms with E-state index in [4.69, 9.17) is 4.74 Å². The van der Waals surface area contributed by atoms with Crippen molar-refractivity contribution in [1.82, 2.24) is 10.2 Å². The lowest BCUT2D eigenvalue weighted by atomic mass is 9.85. The number of aromatic hydroxyl groups is 2. The largest absolute Gasteiger partial charge is 0.504 e. The maximum Gasteiger partial charge on any atom is 0.157 e. The molecule has 0 aliphatic carbocycles. The lowest BCUT2D eigenvalue weighted by molar-refractivity contribution is 0.0212. The minimum atomic E-state index is -0.0511. The van der Waals surface area contributed by atoms with E-state index in [1.54, 1.807) is 12.1 Å². The Balaban J connectivity index is 0.00000132. The van der Waals surface area contributed by atoms with Crippen molar-refractivity contribution in [3.05, 3.63) is 23.8 Å². The molecule has 3 rings (SSSR count). The molecule has 0 amide bonds. The molecule has 5 nitrogen and oxygen atoms in total. The van der Waals surface area contributed by atoms with Crippen LogP contribution in [0.1, 0.15) is 24.4 Å². The third-order valence-electron chi connectivity index (χ3n) is 4.60. The van der Waals surface area contributed by atoms with E-state index in [1.165, 1.54) is 0 Å². The zero-order valence-corrected chi connectivity index (χ0v) is 14.7. The van der Waals surface area contributed by atoms with Gasteiger partial charge in [0.05, 0.1) is 0 Å². The third kappa shape index (κ3) is 4.88. The van der Waals surface area contributed by atoms with Crippen molar-refractivity contribution in [2.45, 2.75) is 18.9 Å². The van der Waals surface area contributed by atoms with Crippen molar-refractivity contribution >= 4 is 24.8 Å². The van der Waals surface area contributed by atoms with Gasteiger partial charge in [-0.3, -0.25) is 4.90 Å². The number of phenols is 2. The minimum Gasteiger partial charge on any atom is -0.504 e. The normalized spacial score (nSPS) is 21.0. The first-order chi connectivity index (χ1) is 10.3. The number of nitrogens with one attached hydrogen (secondary N) is 1. The van der Waals surface area contributed by atoms with Crippen LogP contribution in [0.3, 0.4) is 0 Å².